The number of amides is 2. The van der Waals surface area contributed by atoms with Crippen LogP contribution in [0.15, 0.2) is 47.1 Å². The molecule has 1 unspecified atom stereocenters. The Morgan fingerprint density at radius 2 is 1.83 bits per heavy atom. The summed E-state index contributed by atoms with van der Waals surface area (Å²) in [4.78, 5) is 23.7. The predicted octanol–water partition coefficient (Wildman–Crippen LogP) is 1.41. The van der Waals surface area contributed by atoms with Gasteiger partial charge in [0.15, 0.2) is 0 Å². The van der Waals surface area contributed by atoms with E-state index >= 15 is 0 Å². The van der Waals surface area contributed by atoms with Gasteiger partial charge < -0.3 is 24.5 Å². The normalized spacial score (nSPS) is 11.6. The highest BCUT2D eigenvalue weighted by Gasteiger charge is 2.18. The molecule has 0 fully saturated rings. The molecular formula is C17H20N2O5. The van der Waals surface area contributed by atoms with E-state index in [9.17, 15) is 9.59 Å². The standard InChI is InChI=1S/C17H20N2O5/c1-22-13-7-4-3-6-12(13)10-18-16(20)17(21)19-11-15(23-2)14-8-5-9-24-14/h3-9,15H,10-11H2,1-2H3,(H,18,20)(H,19,21). The van der Waals surface area contributed by atoms with Gasteiger partial charge in [-0.1, -0.05) is 18.2 Å². The first-order valence-corrected chi connectivity index (χ1v) is 7.39. The number of para-hydroxylation sites is 1. The molecule has 0 aliphatic heterocycles. The molecule has 0 bridgehead atoms. The SMILES string of the molecule is COc1ccccc1CNC(=O)C(=O)NCC(OC)c1ccco1. The fourth-order valence-electron chi connectivity index (χ4n) is 2.15. The quantitative estimate of drug-likeness (QED) is 0.748. The Kier molecular flexibility index (Phi) is 6.39. The molecular weight excluding hydrogens is 312 g/mol. The molecule has 1 aromatic heterocycles. The van der Waals surface area contributed by atoms with Crippen molar-refractivity contribution in [3.8, 4) is 5.75 Å². The van der Waals surface area contributed by atoms with Crippen molar-refractivity contribution in [2.75, 3.05) is 20.8 Å². The number of benzene rings is 1. The molecule has 0 aliphatic carbocycles. The Labute approximate surface area is 139 Å². The fraction of sp³-hybridized carbons (Fsp3) is 0.294. The van der Waals surface area contributed by atoms with Crippen LogP contribution in [0, 0.1) is 0 Å². The van der Waals surface area contributed by atoms with Crippen LogP contribution in [0.5, 0.6) is 5.75 Å². The number of carbonyl (C=O) groups is 2. The van der Waals surface area contributed by atoms with Crippen LogP contribution in [0.3, 0.4) is 0 Å². The number of methoxy groups -OCH3 is 2. The molecule has 128 valence electrons. The first kappa shape index (κ1) is 17.6. The van der Waals surface area contributed by atoms with E-state index in [1.54, 1.807) is 25.3 Å². The molecule has 1 aromatic carbocycles. The zero-order valence-corrected chi connectivity index (χ0v) is 13.6. The molecule has 2 N–H and O–H groups in total. The molecule has 7 heteroatoms. The average molecular weight is 332 g/mol. The van der Waals surface area contributed by atoms with Gasteiger partial charge in [0.2, 0.25) is 0 Å². The Balaban J connectivity index is 1.83. The molecule has 0 saturated heterocycles. The summed E-state index contributed by atoms with van der Waals surface area (Å²) < 4.78 is 15.6. The van der Waals surface area contributed by atoms with Crippen molar-refractivity contribution in [2.45, 2.75) is 12.6 Å². The summed E-state index contributed by atoms with van der Waals surface area (Å²) in [6.07, 6.45) is 1.06. The monoisotopic (exact) mass is 332 g/mol. The van der Waals surface area contributed by atoms with Gasteiger partial charge in [0.25, 0.3) is 0 Å². The fourth-order valence-corrected chi connectivity index (χ4v) is 2.15. The zero-order valence-electron chi connectivity index (χ0n) is 13.6. The summed E-state index contributed by atoms with van der Waals surface area (Å²) in [5.74, 6) is -0.239. The van der Waals surface area contributed by atoms with E-state index in [4.69, 9.17) is 13.9 Å². The van der Waals surface area contributed by atoms with Crippen LogP contribution in [-0.2, 0) is 20.9 Å². The van der Waals surface area contributed by atoms with Gasteiger partial charge in [-0.3, -0.25) is 9.59 Å². The first-order valence-electron chi connectivity index (χ1n) is 7.39. The number of carbonyl (C=O) groups excluding carboxylic acids is 2. The van der Waals surface area contributed by atoms with Gasteiger partial charge in [-0.05, 0) is 18.2 Å². The maximum Gasteiger partial charge on any atom is 0.309 e. The lowest BCUT2D eigenvalue weighted by atomic mass is 10.2. The van der Waals surface area contributed by atoms with Gasteiger partial charge in [-0.2, -0.15) is 0 Å². The summed E-state index contributed by atoms with van der Waals surface area (Å²) in [6.45, 7) is 0.326. The van der Waals surface area contributed by atoms with Crippen molar-refractivity contribution >= 4 is 11.8 Å². The minimum Gasteiger partial charge on any atom is -0.496 e. The molecule has 2 amide bonds. The van der Waals surface area contributed by atoms with Crippen LogP contribution >= 0.6 is 0 Å². The van der Waals surface area contributed by atoms with Gasteiger partial charge in [-0.25, -0.2) is 0 Å². The van der Waals surface area contributed by atoms with Crippen molar-refractivity contribution < 1.29 is 23.5 Å². The molecule has 2 rings (SSSR count). The molecule has 24 heavy (non-hydrogen) atoms. The summed E-state index contributed by atoms with van der Waals surface area (Å²) in [5.41, 5.74) is 0.784. The lowest BCUT2D eigenvalue weighted by Gasteiger charge is -2.14. The number of furan rings is 1. The molecule has 2 aromatic rings. The minimum absolute atomic E-state index is 0.130. The van der Waals surface area contributed by atoms with Crippen LogP contribution in [0.2, 0.25) is 0 Å². The lowest BCUT2D eigenvalue weighted by molar-refractivity contribution is -0.139. The molecule has 1 heterocycles. The Morgan fingerprint density at radius 1 is 1.08 bits per heavy atom. The largest absolute Gasteiger partial charge is 0.496 e. The van der Waals surface area contributed by atoms with E-state index in [-0.39, 0.29) is 13.1 Å². The van der Waals surface area contributed by atoms with Gasteiger partial charge >= 0.3 is 11.8 Å². The van der Waals surface area contributed by atoms with Gasteiger partial charge in [0, 0.05) is 19.2 Å². The third-order valence-corrected chi connectivity index (χ3v) is 3.43. The van der Waals surface area contributed by atoms with Crippen molar-refractivity contribution in [1.29, 1.82) is 0 Å². The van der Waals surface area contributed by atoms with E-state index in [0.29, 0.717) is 11.5 Å². The molecule has 0 radical (unpaired) electrons. The maximum atomic E-state index is 11.9. The highest BCUT2D eigenvalue weighted by molar-refractivity contribution is 6.35. The van der Waals surface area contributed by atoms with Gasteiger partial charge in [0.05, 0.1) is 19.9 Å². The third kappa shape index (κ3) is 4.60. The van der Waals surface area contributed by atoms with Crippen molar-refractivity contribution in [1.82, 2.24) is 10.6 Å². The highest BCUT2D eigenvalue weighted by atomic mass is 16.5. The van der Waals surface area contributed by atoms with Crippen molar-refractivity contribution in [3.63, 3.8) is 0 Å². The second kappa shape index (κ2) is 8.73. The second-order valence-electron chi connectivity index (χ2n) is 4.94. The second-order valence-corrected chi connectivity index (χ2v) is 4.94. The van der Waals surface area contributed by atoms with Crippen LogP contribution in [0.25, 0.3) is 0 Å². The third-order valence-electron chi connectivity index (χ3n) is 3.43. The van der Waals surface area contributed by atoms with Gasteiger partial charge in [-0.15, -0.1) is 0 Å². The van der Waals surface area contributed by atoms with Crippen LogP contribution < -0.4 is 15.4 Å². The summed E-state index contributed by atoms with van der Waals surface area (Å²) >= 11 is 0. The number of nitrogens with one attached hydrogen (secondary N) is 2. The number of rotatable bonds is 7. The summed E-state index contributed by atoms with van der Waals surface area (Å²) in [7, 11) is 3.05. The van der Waals surface area contributed by atoms with Gasteiger partial charge in [0.1, 0.15) is 17.6 Å². The van der Waals surface area contributed by atoms with E-state index in [2.05, 4.69) is 10.6 Å². The molecule has 1 atom stereocenters. The molecule has 0 saturated carbocycles. The zero-order chi connectivity index (χ0) is 17.4. The van der Waals surface area contributed by atoms with Crippen LogP contribution in [0.1, 0.15) is 17.4 Å². The Morgan fingerprint density at radius 3 is 2.50 bits per heavy atom. The number of hydrogen-bond acceptors (Lipinski definition) is 5. The smallest absolute Gasteiger partial charge is 0.309 e. The Hall–Kier alpha value is -2.80. The van der Waals surface area contributed by atoms with E-state index in [0.717, 1.165) is 5.56 Å². The molecule has 0 spiro atoms. The Bertz CT molecular complexity index is 669. The van der Waals surface area contributed by atoms with Crippen molar-refractivity contribution in [3.05, 3.63) is 54.0 Å². The number of ether oxygens (including phenoxy) is 2. The van der Waals surface area contributed by atoms with E-state index in [1.165, 1.54) is 13.4 Å². The van der Waals surface area contributed by atoms with Crippen LogP contribution in [-0.4, -0.2) is 32.6 Å². The van der Waals surface area contributed by atoms with Crippen molar-refractivity contribution in [2.24, 2.45) is 0 Å². The van der Waals surface area contributed by atoms with E-state index < -0.39 is 17.9 Å². The molecule has 0 aliphatic rings. The minimum atomic E-state index is -0.737. The highest BCUT2D eigenvalue weighted by Crippen LogP contribution is 2.17. The summed E-state index contributed by atoms with van der Waals surface area (Å²) in [6, 6.07) is 10.7. The van der Waals surface area contributed by atoms with E-state index in [1.807, 2.05) is 18.2 Å². The van der Waals surface area contributed by atoms with Crippen LogP contribution in [0.4, 0.5) is 0 Å². The maximum absolute atomic E-state index is 11.9. The summed E-state index contributed by atoms with van der Waals surface area (Å²) in [5, 5.41) is 5.07. The lowest BCUT2D eigenvalue weighted by Crippen LogP contribution is -2.41. The predicted molar refractivity (Wildman–Crippen MR) is 86.3 cm³/mol. The number of hydrogen-bond donors (Lipinski definition) is 2. The average Bonchev–Trinajstić information content (AvgIpc) is 3.14. The molecule has 7 nitrogen and oxygen atoms in total. The first-order chi connectivity index (χ1) is 11.7. The topological polar surface area (TPSA) is 89.8 Å².